The molecule has 4 nitrogen and oxygen atoms in total. The van der Waals surface area contributed by atoms with Crippen LogP contribution in [0.25, 0.3) is 5.69 Å². The van der Waals surface area contributed by atoms with Crippen molar-refractivity contribution in [2.75, 3.05) is 0 Å². The minimum Gasteiger partial charge on any atom is -0.367 e. The summed E-state index contributed by atoms with van der Waals surface area (Å²) in [7, 11) is 0. The highest BCUT2D eigenvalue weighted by atomic mass is 16.5. The Balaban J connectivity index is 2.34. The maximum Gasteiger partial charge on any atom is 0.293 e. The number of nitrogens with zero attached hydrogens (tertiary/aromatic N) is 3. The SMILES string of the molecule is CCCCc1cc(OC#N)n(-c2ccc(C)cc2)n1. The van der Waals surface area contributed by atoms with Crippen LogP contribution in [0.5, 0.6) is 5.88 Å². The molecule has 0 atom stereocenters. The van der Waals surface area contributed by atoms with Crippen LogP contribution in [0.2, 0.25) is 0 Å². The summed E-state index contributed by atoms with van der Waals surface area (Å²) in [5.74, 6) is 0.470. The Hall–Kier alpha value is -2.28. The lowest BCUT2D eigenvalue weighted by Gasteiger charge is -2.04. The molecule has 1 aromatic heterocycles. The summed E-state index contributed by atoms with van der Waals surface area (Å²) in [6.07, 6.45) is 4.81. The molecule has 2 rings (SSSR count). The second-order valence-electron chi connectivity index (χ2n) is 4.52. The largest absolute Gasteiger partial charge is 0.367 e. The van der Waals surface area contributed by atoms with Crippen molar-refractivity contribution in [2.45, 2.75) is 33.1 Å². The van der Waals surface area contributed by atoms with Gasteiger partial charge in [-0.25, -0.2) is 0 Å². The molecule has 19 heavy (non-hydrogen) atoms. The van der Waals surface area contributed by atoms with E-state index in [9.17, 15) is 0 Å². The minimum atomic E-state index is 0.470. The highest BCUT2D eigenvalue weighted by Gasteiger charge is 2.10. The van der Waals surface area contributed by atoms with Crippen molar-refractivity contribution in [1.82, 2.24) is 9.78 Å². The Labute approximate surface area is 113 Å². The standard InChI is InChI=1S/C15H17N3O/c1-3-4-5-13-10-15(19-11-16)18(17-13)14-8-6-12(2)7-9-14/h6-10H,3-5H2,1-2H3. The first-order valence-electron chi connectivity index (χ1n) is 6.46. The van der Waals surface area contributed by atoms with Gasteiger partial charge in [0, 0.05) is 6.07 Å². The molecule has 98 valence electrons. The molecule has 0 bridgehead atoms. The van der Waals surface area contributed by atoms with Gasteiger partial charge < -0.3 is 4.74 Å². The Morgan fingerprint density at radius 2 is 2.05 bits per heavy atom. The summed E-state index contributed by atoms with van der Waals surface area (Å²) in [5, 5.41) is 13.2. The molecule has 0 radical (unpaired) electrons. The van der Waals surface area contributed by atoms with E-state index in [1.807, 2.05) is 37.3 Å². The van der Waals surface area contributed by atoms with Crippen LogP contribution in [-0.2, 0) is 6.42 Å². The topological polar surface area (TPSA) is 50.8 Å². The molecule has 0 aliphatic rings. The smallest absolute Gasteiger partial charge is 0.293 e. The normalized spacial score (nSPS) is 10.2. The van der Waals surface area contributed by atoms with Crippen LogP contribution in [0.15, 0.2) is 30.3 Å². The number of benzene rings is 1. The second-order valence-corrected chi connectivity index (χ2v) is 4.52. The molecule has 0 fully saturated rings. The van der Waals surface area contributed by atoms with Crippen LogP contribution >= 0.6 is 0 Å². The van der Waals surface area contributed by atoms with E-state index in [1.54, 1.807) is 10.9 Å². The van der Waals surface area contributed by atoms with Crippen LogP contribution < -0.4 is 4.74 Å². The number of hydrogen-bond donors (Lipinski definition) is 0. The van der Waals surface area contributed by atoms with Crippen molar-refractivity contribution in [1.29, 1.82) is 5.26 Å². The molecule has 0 aliphatic heterocycles. The Morgan fingerprint density at radius 1 is 1.32 bits per heavy atom. The quantitative estimate of drug-likeness (QED) is 0.769. The van der Waals surface area contributed by atoms with E-state index in [0.717, 1.165) is 30.6 Å². The molecule has 0 unspecified atom stereocenters. The van der Waals surface area contributed by atoms with E-state index < -0.39 is 0 Å². The third kappa shape index (κ3) is 3.14. The molecular weight excluding hydrogens is 238 g/mol. The molecule has 0 N–H and O–H groups in total. The summed E-state index contributed by atoms with van der Waals surface area (Å²) in [6.45, 7) is 4.18. The lowest BCUT2D eigenvalue weighted by Crippen LogP contribution is -2.00. The summed E-state index contributed by atoms with van der Waals surface area (Å²) in [6, 6.07) is 9.79. The Kier molecular flexibility index (Phi) is 4.19. The first-order valence-corrected chi connectivity index (χ1v) is 6.46. The zero-order valence-corrected chi connectivity index (χ0v) is 11.3. The van der Waals surface area contributed by atoms with Gasteiger partial charge in [0.2, 0.25) is 5.88 Å². The number of aryl methyl sites for hydroxylation is 2. The van der Waals surface area contributed by atoms with Crippen LogP contribution in [0, 0.1) is 18.4 Å². The molecule has 1 aromatic carbocycles. The molecule has 0 saturated carbocycles. The van der Waals surface area contributed by atoms with Gasteiger partial charge in [-0.05, 0) is 31.9 Å². The van der Waals surface area contributed by atoms with Crippen molar-refractivity contribution < 1.29 is 4.74 Å². The van der Waals surface area contributed by atoms with E-state index in [0.29, 0.717) is 5.88 Å². The number of ether oxygens (including phenoxy) is 1. The fraction of sp³-hybridized carbons (Fsp3) is 0.333. The van der Waals surface area contributed by atoms with E-state index in [2.05, 4.69) is 12.0 Å². The monoisotopic (exact) mass is 255 g/mol. The van der Waals surface area contributed by atoms with Gasteiger partial charge >= 0.3 is 0 Å². The zero-order chi connectivity index (χ0) is 13.7. The van der Waals surface area contributed by atoms with Gasteiger partial charge in [0.15, 0.2) is 0 Å². The number of hydrogen-bond acceptors (Lipinski definition) is 3. The highest BCUT2D eigenvalue weighted by Crippen LogP contribution is 2.20. The molecule has 0 aliphatic carbocycles. The fourth-order valence-electron chi connectivity index (χ4n) is 1.88. The van der Waals surface area contributed by atoms with E-state index in [-0.39, 0.29) is 0 Å². The van der Waals surface area contributed by atoms with Gasteiger partial charge in [0.25, 0.3) is 6.26 Å². The fourth-order valence-corrected chi connectivity index (χ4v) is 1.88. The van der Waals surface area contributed by atoms with Crippen molar-refractivity contribution >= 4 is 0 Å². The first kappa shape index (κ1) is 13.2. The Bertz CT molecular complexity index is 578. The van der Waals surface area contributed by atoms with Crippen LogP contribution in [-0.4, -0.2) is 9.78 Å². The molecular formula is C15H17N3O. The molecule has 0 saturated heterocycles. The Morgan fingerprint density at radius 3 is 2.68 bits per heavy atom. The molecule has 2 aromatic rings. The predicted molar refractivity (Wildman–Crippen MR) is 73.2 cm³/mol. The third-order valence-corrected chi connectivity index (χ3v) is 2.94. The van der Waals surface area contributed by atoms with Crippen LogP contribution in [0.4, 0.5) is 0 Å². The van der Waals surface area contributed by atoms with Gasteiger partial charge in [0.1, 0.15) is 0 Å². The van der Waals surface area contributed by atoms with E-state index in [1.165, 1.54) is 5.56 Å². The third-order valence-electron chi connectivity index (χ3n) is 2.94. The lowest BCUT2D eigenvalue weighted by atomic mass is 10.2. The van der Waals surface area contributed by atoms with Crippen LogP contribution in [0.3, 0.4) is 0 Å². The summed E-state index contributed by atoms with van der Waals surface area (Å²) < 4.78 is 6.66. The van der Waals surface area contributed by atoms with Crippen molar-refractivity contribution in [3.63, 3.8) is 0 Å². The van der Waals surface area contributed by atoms with Gasteiger partial charge in [-0.1, -0.05) is 31.0 Å². The highest BCUT2D eigenvalue weighted by molar-refractivity contribution is 5.38. The number of nitriles is 1. The van der Waals surface area contributed by atoms with Gasteiger partial charge in [-0.2, -0.15) is 9.78 Å². The van der Waals surface area contributed by atoms with Gasteiger partial charge in [-0.15, -0.1) is 5.26 Å². The average molecular weight is 255 g/mol. The molecule has 0 amide bonds. The summed E-state index contributed by atoms with van der Waals surface area (Å²) >= 11 is 0. The second kappa shape index (κ2) is 6.05. The van der Waals surface area contributed by atoms with Crippen molar-refractivity contribution in [3.8, 4) is 17.8 Å². The van der Waals surface area contributed by atoms with E-state index >= 15 is 0 Å². The number of aromatic nitrogens is 2. The maximum absolute atomic E-state index is 8.71. The number of rotatable bonds is 5. The van der Waals surface area contributed by atoms with Crippen molar-refractivity contribution in [3.05, 3.63) is 41.6 Å². The zero-order valence-electron chi connectivity index (χ0n) is 11.3. The lowest BCUT2D eigenvalue weighted by molar-refractivity contribution is 0.465. The first-order chi connectivity index (χ1) is 9.24. The molecule has 1 heterocycles. The summed E-state index contributed by atoms with van der Waals surface area (Å²) in [4.78, 5) is 0. The average Bonchev–Trinajstić information content (AvgIpc) is 2.81. The maximum atomic E-state index is 8.71. The molecule has 4 heteroatoms. The predicted octanol–water partition coefficient (Wildman–Crippen LogP) is 3.38. The summed E-state index contributed by atoms with van der Waals surface area (Å²) in [5.41, 5.74) is 3.04. The van der Waals surface area contributed by atoms with Crippen LogP contribution in [0.1, 0.15) is 31.0 Å². The van der Waals surface area contributed by atoms with Gasteiger partial charge in [0.05, 0.1) is 11.4 Å². The molecule has 0 spiro atoms. The van der Waals surface area contributed by atoms with Crippen molar-refractivity contribution in [2.24, 2.45) is 0 Å². The number of unbranched alkanes of at least 4 members (excludes halogenated alkanes) is 1. The minimum absolute atomic E-state index is 0.470. The van der Waals surface area contributed by atoms with E-state index in [4.69, 9.17) is 10.00 Å². The van der Waals surface area contributed by atoms with Gasteiger partial charge in [-0.3, -0.25) is 0 Å².